The van der Waals surface area contributed by atoms with Crippen molar-refractivity contribution in [3.05, 3.63) is 11.7 Å². The Labute approximate surface area is 106 Å². The van der Waals surface area contributed by atoms with Gasteiger partial charge in [0.05, 0.1) is 12.3 Å². The standard InChI is InChI=1S/C8H10N6O3S/c1-5-9-6(11-17-5)2-3-14-8(10-12-13-14)18-4-7(15)16/h2-4H2,1H3,(H,15,16). The molecule has 0 unspecified atom stereocenters. The molecule has 0 aliphatic carbocycles. The van der Waals surface area contributed by atoms with Gasteiger partial charge in [-0.25, -0.2) is 4.68 Å². The number of rotatable bonds is 6. The Morgan fingerprint density at radius 3 is 3.06 bits per heavy atom. The number of carboxylic acids is 1. The highest BCUT2D eigenvalue weighted by Crippen LogP contribution is 2.13. The summed E-state index contributed by atoms with van der Waals surface area (Å²) in [6.07, 6.45) is 0.517. The first kappa shape index (κ1) is 12.5. The van der Waals surface area contributed by atoms with Crippen LogP contribution in [0.5, 0.6) is 0 Å². The van der Waals surface area contributed by atoms with Gasteiger partial charge < -0.3 is 9.63 Å². The van der Waals surface area contributed by atoms with E-state index in [-0.39, 0.29) is 5.75 Å². The fourth-order valence-electron chi connectivity index (χ4n) is 1.22. The molecule has 0 saturated heterocycles. The zero-order chi connectivity index (χ0) is 13.0. The monoisotopic (exact) mass is 270 g/mol. The molecular formula is C8H10N6O3S. The van der Waals surface area contributed by atoms with Crippen molar-refractivity contribution in [1.29, 1.82) is 0 Å². The molecule has 10 heteroatoms. The average molecular weight is 270 g/mol. The van der Waals surface area contributed by atoms with Crippen LogP contribution in [0.25, 0.3) is 0 Å². The van der Waals surface area contributed by atoms with Crippen molar-refractivity contribution in [2.75, 3.05) is 5.75 Å². The van der Waals surface area contributed by atoms with Crippen LogP contribution < -0.4 is 0 Å². The van der Waals surface area contributed by atoms with Gasteiger partial charge in [0.25, 0.3) is 0 Å². The maximum absolute atomic E-state index is 10.5. The molecule has 0 bridgehead atoms. The summed E-state index contributed by atoms with van der Waals surface area (Å²) in [6.45, 7) is 2.18. The van der Waals surface area contributed by atoms with E-state index in [0.717, 1.165) is 11.8 Å². The third-order valence-electron chi connectivity index (χ3n) is 1.94. The number of tetrazole rings is 1. The van der Waals surface area contributed by atoms with Crippen molar-refractivity contribution in [1.82, 2.24) is 30.3 Å². The number of aromatic nitrogens is 6. The molecule has 0 spiro atoms. The lowest BCUT2D eigenvalue weighted by Crippen LogP contribution is -2.07. The van der Waals surface area contributed by atoms with Gasteiger partial charge >= 0.3 is 5.97 Å². The number of carboxylic acid groups (broad SMARTS) is 1. The topological polar surface area (TPSA) is 120 Å². The largest absolute Gasteiger partial charge is 0.481 e. The molecular weight excluding hydrogens is 260 g/mol. The lowest BCUT2D eigenvalue weighted by molar-refractivity contribution is -0.133. The second kappa shape index (κ2) is 5.58. The van der Waals surface area contributed by atoms with Crippen LogP contribution in [0.2, 0.25) is 0 Å². The predicted octanol–water partition coefficient (Wildman–Crippen LogP) is -0.216. The number of thioether (sulfide) groups is 1. The quantitative estimate of drug-likeness (QED) is 0.710. The first-order chi connectivity index (χ1) is 8.65. The summed E-state index contributed by atoms with van der Waals surface area (Å²) in [6, 6.07) is 0. The minimum atomic E-state index is -0.914. The van der Waals surface area contributed by atoms with Gasteiger partial charge in [0.15, 0.2) is 5.82 Å². The molecule has 2 aromatic heterocycles. The molecule has 2 heterocycles. The van der Waals surface area contributed by atoms with Gasteiger partial charge in [-0.05, 0) is 10.4 Å². The van der Waals surface area contributed by atoms with E-state index in [2.05, 4.69) is 25.7 Å². The molecule has 0 radical (unpaired) electrons. The Bertz CT molecular complexity index is 538. The molecule has 0 aliphatic heterocycles. The lowest BCUT2D eigenvalue weighted by Gasteiger charge is -2.00. The number of aliphatic carboxylic acids is 1. The van der Waals surface area contributed by atoms with E-state index >= 15 is 0 Å². The molecule has 9 nitrogen and oxygen atoms in total. The molecule has 2 rings (SSSR count). The highest BCUT2D eigenvalue weighted by atomic mass is 32.2. The van der Waals surface area contributed by atoms with Gasteiger partial charge in [-0.15, -0.1) is 5.10 Å². The number of carbonyl (C=O) groups is 1. The third-order valence-corrected chi connectivity index (χ3v) is 2.88. The first-order valence-electron chi connectivity index (χ1n) is 5.05. The van der Waals surface area contributed by atoms with Gasteiger partial charge in [0.2, 0.25) is 11.0 Å². The maximum atomic E-state index is 10.5. The average Bonchev–Trinajstić information content (AvgIpc) is 2.92. The number of hydrogen-bond acceptors (Lipinski definition) is 8. The summed E-state index contributed by atoms with van der Waals surface area (Å²) >= 11 is 1.07. The van der Waals surface area contributed by atoms with Crippen molar-refractivity contribution >= 4 is 17.7 Å². The Morgan fingerprint density at radius 2 is 2.39 bits per heavy atom. The van der Waals surface area contributed by atoms with Crippen molar-refractivity contribution in [3.8, 4) is 0 Å². The number of hydrogen-bond donors (Lipinski definition) is 1. The highest BCUT2D eigenvalue weighted by Gasteiger charge is 2.10. The summed E-state index contributed by atoms with van der Waals surface area (Å²) in [5.41, 5.74) is 0. The van der Waals surface area contributed by atoms with Crippen LogP contribution in [0.1, 0.15) is 11.7 Å². The molecule has 18 heavy (non-hydrogen) atoms. The fraction of sp³-hybridized carbons (Fsp3) is 0.500. The zero-order valence-corrected chi connectivity index (χ0v) is 10.3. The molecule has 0 aromatic carbocycles. The van der Waals surface area contributed by atoms with Gasteiger partial charge in [-0.3, -0.25) is 4.79 Å². The van der Waals surface area contributed by atoms with Gasteiger partial charge in [0, 0.05) is 13.3 Å². The maximum Gasteiger partial charge on any atom is 0.313 e. The van der Waals surface area contributed by atoms with Gasteiger partial charge in [-0.1, -0.05) is 16.9 Å². The summed E-state index contributed by atoms with van der Waals surface area (Å²) in [7, 11) is 0. The van der Waals surface area contributed by atoms with Crippen LogP contribution in [0.3, 0.4) is 0 Å². The second-order valence-corrected chi connectivity index (χ2v) is 4.29. The number of nitrogens with zero attached hydrogens (tertiary/aromatic N) is 6. The van der Waals surface area contributed by atoms with E-state index in [1.165, 1.54) is 4.68 Å². The summed E-state index contributed by atoms with van der Waals surface area (Å²) in [5.74, 6) is 0.0736. The van der Waals surface area contributed by atoms with E-state index in [1.54, 1.807) is 6.92 Å². The fourth-order valence-corrected chi connectivity index (χ4v) is 1.84. The summed E-state index contributed by atoms with van der Waals surface area (Å²) in [4.78, 5) is 14.5. The van der Waals surface area contributed by atoms with E-state index in [1.807, 2.05) is 0 Å². The van der Waals surface area contributed by atoms with Crippen molar-refractivity contribution in [3.63, 3.8) is 0 Å². The highest BCUT2D eigenvalue weighted by molar-refractivity contribution is 7.99. The van der Waals surface area contributed by atoms with Gasteiger partial charge in [0.1, 0.15) is 0 Å². The molecule has 0 atom stereocenters. The smallest absolute Gasteiger partial charge is 0.313 e. The van der Waals surface area contributed by atoms with Crippen LogP contribution >= 0.6 is 11.8 Å². The van der Waals surface area contributed by atoms with Crippen molar-refractivity contribution < 1.29 is 14.4 Å². The molecule has 96 valence electrons. The molecule has 1 N–H and O–H groups in total. The Morgan fingerprint density at radius 1 is 1.56 bits per heavy atom. The van der Waals surface area contributed by atoms with E-state index in [4.69, 9.17) is 9.63 Å². The Balaban J connectivity index is 1.93. The molecule has 2 aromatic rings. The third kappa shape index (κ3) is 3.26. The lowest BCUT2D eigenvalue weighted by atomic mass is 10.4. The summed E-state index contributed by atoms with van der Waals surface area (Å²) < 4.78 is 6.35. The predicted molar refractivity (Wildman–Crippen MR) is 58.9 cm³/mol. The van der Waals surface area contributed by atoms with E-state index < -0.39 is 5.97 Å². The normalized spacial score (nSPS) is 10.7. The molecule has 0 fully saturated rings. The van der Waals surface area contributed by atoms with Crippen LogP contribution in [0.15, 0.2) is 9.68 Å². The molecule has 0 amide bonds. The first-order valence-corrected chi connectivity index (χ1v) is 6.03. The van der Waals surface area contributed by atoms with Gasteiger partial charge in [-0.2, -0.15) is 4.98 Å². The Hall–Kier alpha value is -1.97. The minimum absolute atomic E-state index is 0.0817. The van der Waals surface area contributed by atoms with Crippen LogP contribution in [-0.4, -0.2) is 47.2 Å². The van der Waals surface area contributed by atoms with Crippen molar-refractivity contribution in [2.45, 2.75) is 25.0 Å². The SMILES string of the molecule is Cc1nc(CCn2nnnc2SCC(=O)O)no1. The molecule has 0 aliphatic rings. The van der Waals surface area contributed by atoms with E-state index in [0.29, 0.717) is 29.8 Å². The van der Waals surface area contributed by atoms with Crippen LogP contribution in [-0.2, 0) is 17.8 Å². The van der Waals surface area contributed by atoms with E-state index in [9.17, 15) is 4.79 Å². The second-order valence-electron chi connectivity index (χ2n) is 3.35. The van der Waals surface area contributed by atoms with Crippen LogP contribution in [0.4, 0.5) is 0 Å². The minimum Gasteiger partial charge on any atom is -0.481 e. The van der Waals surface area contributed by atoms with Crippen molar-refractivity contribution in [2.24, 2.45) is 0 Å². The Kier molecular flexibility index (Phi) is 3.87. The van der Waals surface area contributed by atoms with Crippen LogP contribution in [0, 0.1) is 6.92 Å². The zero-order valence-electron chi connectivity index (χ0n) is 9.48. The number of aryl methyl sites for hydroxylation is 3. The molecule has 0 saturated carbocycles. The summed E-state index contributed by atoms with van der Waals surface area (Å²) in [5, 5.41) is 23.8.